The van der Waals surface area contributed by atoms with Crippen molar-refractivity contribution in [2.24, 2.45) is 7.05 Å². The number of aromatic nitrogens is 4. The number of benzene rings is 2. The first-order valence-corrected chi connectivity index (χ1v) is 10.2. The summed E-state index contributed by atoms with van der Waals surface area (Å²) >= 11 is 0. The van der Waals surface area contributed by atoms with Crippen LogP contribution in [0, 0.1) is 11.3 Å². The second kappa shape index (κ2) is 7.67. The Morgan fingerprint density at radius 3 is 2.66 bits per heavy atom. The standard InChI is InChI=1S/C25H20N6O/c1-29(16-24-28-20-5-3-4-6-21(20)30(24)2)25(32)19-11-12-31-22(15-27-23(31)13-19)18-9-7-17(14-26)8-10-18/h3-13,15H,16H2,1-2H3. The van der Waals surface area contributed by atoms with E-state index in [0.29, 0.717) is 23.3 Å². The Bertz CT molecular complexity index is 1500. The Balaban J connectivity index is 1.40. The summed E-state index contributed by atoms with van der Waals surface area (Å²) in [7, 11) is 3.74. The molecule has 0 radical (unpaired) electrons. The zero-order valence-corrected chi connectivity index (χ0v) is 17.7. The van der Waals surface area contributed by atoms with Gasteiger partial charge < -0.3 is 9.47 Å². The molecule has 7 heteroatoms. The average molecular weight is 420 g/mol. The molecule has 0 saturated heterocycles. The van der Waals surface area contributed by atoms with Gasteiger partial charge in [-0.1, -0.05) is 24.3 Å². The van der Waals surface area contributed by atoms with Crippen molar-refractivity contribution in [3.8, 4) is 17.3 Å². The van der Waals surface area contributed by atoms with Crippen LogP contribution in [-0.4, -0.2) is 36.8 Å². The first kappa shape index (κ1) is 19.5. The molecule has 0 atom stereocenters. The van der Waals surface area contributed by atoms with Crippen molar-refractivity contribution in [2.45, 2.75) is 6.54 Å². The van der Waals surface area contributed by atoms with E-state index in [1.807, 2.05) is 58.6 Å². The third-order valence-corrected chi connectivity index (χ3v) is 5.67. The van der Waals surface area contributed by atoms with Crippen molar-refractivity contribution in [3.63, 3.8) is 0 Å². The molecule has 0 saturated carbocycles. The van der Waals surface area contributed by atoms with Gasteiger partial charge in [0.15, 0.2) is 0 Å². The SMILES string of the molecule is CN(Cc1nc2ccccc2n1C)C(=O)c1ccn2c(-c3ccc(C#N)cc3)cnc2c1. The maximum absolute atomic E-state index is 13.1. The summed E-state index contributed by atoms with van der Waals surface area (Å²) in [5.41, 5.74) is 5.67. The van der Waals surface area contributed by atoms with Gasteiger partial charge in [0.05, 0.1) is 41.1 Å². The van der Waals surface area contributed by atoms with Crippen LogP contribution in [-0.2, 0) is 13.6 Å². The van der Waals surface area contributed by atoms with Gasteiger partial charge in [-0.3, -0.25) is 9.20 Å². The van der Waals surface area contributed by atoms with E-state index in [-0.39, 0.29) is 5.91 Å². The summed E-state index contributed by atoms with van der Waals surface area (Å²) in [5.74, 6) is 0.731. The summed E-state index contributed by atoms with van der Waals surface area (Å²) in [6.45, 7) is 0.403. The van der Waals surface area contributed by atoms with Gasteiger partial charge in [-0.25, -0.2) is 9.97 Å². The van der Waals surface area contributed by atoms with E-state index < -0.39 is 0 Å². The lowest BCUT2D eigenvalue weighted by molar-refractivity contribution is 0.0780. The minimum Gasteiger partial charge on any atom is -0.334 e. The summed E-state index contributed by atoms with van der Waals surface area (Å²) < 4.78 is 3.95. The number of nitriles is 1. The first-order valence-electron chi connectivity index (χ1n) is 10.2. The molecule has 0 aliphatic carbocycles. The summed E-state index contributed by atoms with van der Waals surface area (Å²) in [5, 5.41) is 8.99. The number of carbonyl (C=O) groups excluding carboxylic acids is 1. The lowest BCUT2D eigenvalue weighted by Crippen LogP contribution is -2.27. The highest BCUT2D eigenvalue weighted by atomic mass is 16.2. The highest BCUT2D eigenvalue weighted by molar-refractivity contribution is 5.95. The van der Waals surface area contributed by atoms with E-state index >= 15 is 0 Å². The molecular formula is C25H20N6O. The maximum atomic E-state index is 13.1. The monoisotopic (exact) mass is 420 g/mol. The molecule has 3 aromatic heterocycles. The molecule has 3 heterocycles. The van der Waals surface area contributed by atoms with E-state index in [9.17, 15) is 4.79 Å². The number of imidazole rings is 2. The van der Waals surface area contributed by atoms with E-state index in [1.165, 1.54) is 0 Å². The van der Waals surface area contributed by atoms with E-state index in [2.05, 4.69) is 16.0 Å². The number of carbonyl (C=O) groups is 1. The van der Waals surface area contributed by atoms with Crippen molar-refractivity contribution in [3.05, 3.63) is 90.0 Å². The summed E-state index contributed by atoms with van der Waals surface area (Å²) in [4.78, 5) is 23.9. The minimum atomic E-state index is -0.0949. The van der Waals surface area contributed by atoms with Crippen molar-refractivity contribution < 1.29 is 4.79 Å². The summed E-state index contributed by atoms with van der Waals surface area (Å²) in [6, 6.07) is 21.0. The number of aryl methyl sites for hydroxylation is 1. The molecule has 7 nitrogen and oxygen atoms in total. The Morgan fingerprint density at radius 1 is 1.12 bits per heavy atom. The van der Waals surface area contributed by atoms with Crippen LogP contribution < -0.4 is 0 Å². The number of rotatable bonds is 4. The Kier molecular flexibility index (Phi) is 4.68. The van der Waals surface area contributed by atoms with Crippen molar-refractivity contribution >= 4 is 22.6 Å². The molecule has 0 aliphatic rings. The van der Waals surface area contributed by atoms with Crippen LogP contribution in [0.2, 0.25) is 0 Å². The molecular weight excluding hydrogens is 400 g/mol. The molecule has 0 aliphatic heterocycles. The predicted molar refractivity (Wildman–Crippen MR) is 122 cm³/mol. The van der Waals surface area contributed by atoms with Crippen molar-refractivity contribution in [2.75, 3.05) is 7.05 Å². The maximum Gasteiger partial charge on any atom is 0.254 e. The van der Waals surface area contributed by atoms with Crippen LogP contribution in [0.15, 0.2) is 73.1 Å². The fourth-order valence-corrected chi connectivity index (χ4v) is 3.88. The number of pyridine rings is 1. The van der Waals surface area contributed by atoms with Gasteiger partial charge in [0.25, 0.3) is 5.91 Å². The number of para-hydroxylation sites is 2. The highest BCUT2D eigenvalue weighted by Crippen LogP contribution is 2.22. The third-order valence-electron chi connectivity index (χ3n) is 5.67. The highest BCUT2D eigenvalue weighted by Gasteiger charge is 2.17. The van der Waals surface area contributed by atoms with Gasteiger partial charge in [-0.05, 0) is 36.4 Å². The fourth-order valence-electron chi connectivity index (χ4n) is 3.88. The lowest BCUT2D eigenvalue weighted by atomic mass is 10.1. The number of nitrogens with zero attached hydrogens (tertiary/aromatic N) is 6. The predicted octanol–water partition coefficient (Wildman–Crippen LogP) is 4.03. The first-order chi connectivity index (χ1) is 15.5. The van der Waals surface area contributed by atoms with Crippen LogP contribution in [0.25, 0.3) is 27.9 Å². The number of hydrogen-bond donors (Lipinski definition) is 0. The Labute approximate surface area is 184 Å². The normalized spacial score (nSPS) is 11.0. The van der Waals surface area contributed by atoms with Crippen LogP contribution >= 0.6 is 0 Å². The van der Waals surface area contributed by atoms with E-state index in [0.717, 1.165) is 28.1 Å². The molecule has 0 bridgehead atoms. The minimum absolute atomic E-state index is 0.0949. The Hall–Kier alpha value is -4.44. The fraction of sp³-hybridized carbons (Fsp3) is 0.120. The zero-order chi connectivity index (χ0) is 22.2. The number of amides is 1. The molecule has 0 spiro atoms. The smallest absolute Gasteiger partial charge is 0.254 e. The van der Waals surface area contributed by atoms with Gasteiger partial charge in [0, 0.05) is 31.4 Å². The van der Waals surface area contributed by atoms with Gasteiger partial charge in [-0.2, -0.15) is 5.26 Å². The van der Waals surface area contributed by atoms with Crippen LogP contribution in [0.3, 0.4) is 0 Å². The van der Waals surface area contributed by atoms with Gasteiger partial charge in [0.2, 0.25) is 0 Å². The molecule has 5 aromatic rings. The molecule has 0 unspecified atom stereocenters. The second-order valence-electron chi connectivity index (χ2n) is 7.71. The van der Waals surface area contributed by atoms with Crippen molar-refractivity contribution in [1.82, 2.24) is 23.8 Å². The van der Waals surface area contributed by atoms with Gasteiger partial charge >= 0.3 is 0 Å². The van der Waals surface area contributed by atoms with Crippen LogP contribution in [0.1, 0.15) is 21.7 Å². The second-order valence-corrected chi connectivity index (χ2v) is 7.71. The lowest BCUT2D eigenvalue weighted by Gasteiger charge is -2.17. The Morgan fingerprint density at radius 2 is 1.91 bits per heavy atom. The van der Waals surface area contributed by atoms with Crippen LogP contribution in [0.4, 0.5) is 0 Å². The van der Waals surface area contributed by atoms with E-state index in [1.54, 1.807) is 42.4 Å². The molecule has 2 aromatic carbocycles. The van der Waals surface area contributed by atoms with Crippen LogP contribution in [0.5, 0.6) is 0 Å². The van der Waals surface area contributed by atoms with Gasteiger partial charge in [-0.15, -0.1) is 0 Å². The average Bonchev–Trinajstić information content (AvgIpc) is 3.39. The molecule has 32 heavy (non-hydrogen) atoms. The molecule has 5 rings (SSSR count). The largest absolute Gasteiger partial charge is 0.334 e. The molecule has 1 amide bonds. The zero-order valence-electron chi connectivity index (χ0n) is 17.7. The molecule has 156 valence electrons. The van der Waals surface area contributed by atoms with Gasteiger partial charge in [0.1, 0.15) is 11.5 Å². The summed E-state index contributed by atoms with van der Waals surface area (Å²) in [6.07, 6.45) is 3.63. The number of fused-ring (bicyclic) bond motifs is 2. The quantitative estimate of drug-likeness (QED) is 0.440. The number of hydrogen-bond acceptors (Lipinski definition) is 4. The molecule has 0 fully saturated rings. The topological polar surface area (TPSA) is 79.2 Å². The van der Waals surface area contributed by atoms with Crippen molar-refractivity contribution in [1.29, 1.82) is 5.26 Å². The molecule has 0 N–H and O–H groups in total. The van der Waals surface area contributed by atoms with E-state index in [4.69, 9.17) is 5.26 Å². The third kappa shape index (κ3) is 3.28.